The summed E-state index contributed by atoms with van der Waals surface area (Å²) in [6.07, 6.45) is 2.92. The van der Waals surface area contributed by atoms with Crippen molar-refractivity contribution in [3.05, 3.63) is 0 Å². The minimum Gasteiger partial charge on any atom is -0.480 e. The Morgan fingerprint density at radius 1 is 0.944 bits per heavy atom. The van der Waals surface area contributed by atoms with Crippen LogP contribution in [0.2, 0.25) is 0 Å². The number of carboxylic acid groups (broad SMARTS) is 2. The molecule has 6 nitrogen and oxygen atoms in total. The van der Waals surface area contributed by atoms with Crippen molar-refractivity contribution < 1.29 is 19.8 Å². The molecular formula is C12H22N2O4. The van der Waals surface area contributed by atoms with E-state index in [1.807, 2.05) is 0 Å². The summed E-state index contributed by atoms with van der Waals surface area (Å²) in [4.78, 5) is 22.5. The molecule has 4 atom stereocenters. The molecule has 1 aliphatic rings. The summed E-state index contributed by atoms with van der Waals surface area (Å²) in [5, 5.41) is 18.4. The first kappa shape index (κ1) is 14.9. The summed E-state index contributed by atoms with van der Waals surface area (Å²) in [5.74, 6) is -3.06. The van der Waals surface area contributed by atoms with Crippen molar-refractivity contribution in [2.75, 3.05) is 0 Å². The van der Waals surface area contributed by atoms with E-state index < -0.39 is 34.9 Å². The van der Waals surface area contributed by atoms with Crippen molar-refractivity contribution in [2.24, 2.45) is 23.3 Å². The van der Waals surface area contributed by atoms with E-state index in [0.29, 0.717) is 12.8 Å². The fourth-order valence-corrected chi connectivity index (χ4v) is 2.88. The van der Waals surface area contributed by atoms with E-state index in [0.717, 1.165) is 12.8 Å². The van der Waals surface area contributed by atoms with Crippen molar-refractivity contribution in [1.82, 2.24) is 0 Å². The highest BCUT2D eigenvalue weighted by Crippen LogP contribution is 2.41. The Morgan fingerprint density at radius 2 is 1.22 bits per heavy atom. The maximum absolute atomic E-state index is 11.2. The van der Waals surface area contributed by atoms with Gasteiger partial charge in [0.1, 0.15) is 11.1 Å². The molecular weight excluding hydrogens is 236 g/mol. The number of hydrogen-bond donors (Lipinski definition) is 4. The van der Waals surface area contributed by atoms with Gasteiger partial charge in [-0.05, 0) is 38.5 Å². The molecule has 104 valence electrons. The van der Waals surface area contributed by atoms with E-state index in [1.165, 1.54) is 13.8 Å². The van der Waals surface area contributed by atoms with Crippen molar-refractivity contribution >= 4 is 11.9 Å². The summed E-state index contributed by atoms with van der Waals surface area (Å²) in [7, 11) is 0. The maximum atomic E-state index is 11.2. The first-order chi connectivity index (χ1) is 8.11. The minimum absolute atomic E-state index is 0.421. The van der Waals surface area contributed by atoms with Gasteiger partial charge in [-0.15, -0.1) is 0 Å². The summed E-state index contributed by atoms with van der Waals surface area (Å²) in [5.41, 5.74) is 8.86. The quantitative estimate of drug-likeness (QED) is 0.578. The van der Waals surface area contributed by atoms with Crippen LogP contribution in [0.4, 0.5) is 0 Å². The third-order valence-corrected chi connectivity index (χ3v) is 4.23. The number of hydrogen-bond acceptors (Lipinski definition) is 4. The van der Waals surface area contributed by atoms with Gasteiger partial charge in [-0.3, -0.25) is 9.59 Å². The Morgan fingerprint density at radius 3 is 1.44 bits per heavy atom. The van der Waals surface area contributed by atoms with Crippen LogP contribution in [0.15, 0.2) is 0 Å². The normalized spacial score (nSPS) is 31.1. The average Bonchev–Trinajstić information content (AvgIpc) is 2.28. The van der Waals surface area contributed by atoms with Crippen LogP contribution in [0, 0.1) is 11.8 Å². The Balaban J connectivity index is 3.08. The second-order valence-corrected chi connectivity index (χ2v) is 5.67. The van der Waals surface area contributed by atoms with Crippen LogP contribution in [0.5, 0.6) is 0 Å². The van der Waals surface area contributed by atoms with Gasteiger partial charge in [0.15, 0.2) is 0 Å². The molecule has 0 saturated heterocycles. The highest BCUT2D eigenvalue weighted by Gasteiger charge is 2.51. The third-order valence-electron chi connectivity index (χ3n) is 4.23. The summed E-state index contributed by atoms with van der Waals surface area (Å²) >= 11 is 0. The molecule has 0 heterocycles. The zero-order valence-corrected chi connectivity index (χ0v) is 10.8. The zero-order valence-electron chi connectivity index (χ0n) is 10.8. The summed E-state index contributed by atoms with van der Waals surface area (Å²) in [6.45, 7) is 2.88. The second kappa shape index (κ2) is 4.85. The van der Waals surface area contributed by atoms with Crippen LogP contribution < -0.4 is 11.5 Å². The van der Waals surface area contributed by atoms with Crippen LogP contribution >= 0.6 is 0 Å². The molecule has 2 unspecified atom stereocenters. The van der Waals surface area contributed by atoms with Crippen LogP contribution in [0.25, 0.3) is 0 Å². The number of rotatable bonds is 4. The molecule has 0 aliphatic heterocycles. The van der Waals surface area contributed by atoms with Crippen molar-refractivity contribution in [2.45, 2.75) is 50.6 Å². The molecule has 1 aliphatic carbocycles. The Bertz CT molecular complexity index is 318. The highest BCUT2D eigenvalue weighted by molar-refractivity contribution is 5.80. The number of carboxylic acids is 2. The molecule has 0 radical (unpaired) electrons. The topological polar surface area (TPSA) is 127 Å². The fraction of sp³-hybridized carbons (Fsp3) is 0.833. The van der Waals surface area contributed by atoms with Crippen LogP contribution in [0.1, 0.15) is 39.5 Å². The molecule has 6 heteroatoms. The molecule has 0 bridgehead atoms. The molecule has 1 fully saturated rings. The van der Waals surface area contributed by atoms with E-state index in [2.05, 4.69) is 0 Å². The Hall–Kier alpha value is -1.14. The van der Waals surface area contributed by atoms with Crippen LogP contribution in [-0.2, 0) is 9.59 Å². The van der Waals surface area contributed by atoms with Gasteiger partial charge < -0.3 is 21.7 Å². The minimum atomic E-state index is -1.44. The molecule has 1 saturated carbocycles. The Labute approximate surface area is 106 Å². The standard InChI is InChI=1S/C12H22N2O4/c1-11(13,9(15)16)7-5-3-4-6-8(7)12(2,14)10(17)18/h7-8H,3-6,13-14H2,1-2H3,(H,15,16)(H,17,18)/t7?,8?,11-,12-/m1/s1. The van der Waals surface area contributed by atoms with Crippen LogP contribution in [0.3, 0.4) is 0 Å². The lowest BCUT2D eigenvalue weighted by Crippen LogP contribution is -2.62. The van der Waals surface area contributed by atoms with Crippen molar-refractivity contribution in [3.8, 4) is 0 Å². The predicted molar refractivity (Wildman–Crippen MR) is 65.9 cm³/mol. The first-order valence-electron chi connectivity index (χ1n) is 6.16. The molecule has 0 amide bonds. The van der Waals surface area contributed by atoms with E-state index in [-0.39, 0.29) is 0 Å². The fourth-order valence-electron chi connectivity index (χ4n) is 2.88. The highest BCUT2D eigenvalue weighted by atomic mass is 16.4. The molecule has 0 aromatic carbocycles. The number of aliphatic carboxylic acids is 2. The van der Waals surface area contributed by atoms with Gasteiger partial charge in [-0.2, -0.15) is 0 Å². The van der Waals surface area contributed by atoms with Gasteiger partial charge in [0, 0.05) is 0 Å². The smallest absolute Gasteiger partial charge is 0.323 e. The van der Waals surface area contributed by atoms with E-state index in [4.69, 9.17) is 11.5 Å². The SMILES string of the molecule is C[C@](N)(C(=O)O)C1CCCCC1[C@@](C)(N)C(=O)O. The monoisotopic (exact) mass is 258 g/mol. The molecule has 6 N–H and O–H groups in total. The summed E-state index contributed by atoms with van der Waals surface area (Å²) in [6, 6.07) is 0. The lowest BCUT2D eigenvalue weighted by atomic mass is 9.63. The second-order valence-electron chi connectivity index (χ2n) is 5.67. The summed E-state index contributed by atoms with van der Waals surface area (Å²) < 4.78 is 0. The van der Waals surface area contributed by atoms with Crippen LogP contribution in [-0.4, -0.2) is 33.2 Å². The maximum Gasteiger partial charge on any atom is 0.323 e. The predicted octanol–water partition coefficient (Wildman–Crippen LogP) is 0.397. The van der Waals surface area contributed by atoms with Gasteiger partial charge in [0.05, 0.1) is 0 Å². The van der Waals surface area contributed by atoms with Crippen molar-refractivity contribution in [3.63, 3.8) is 0 Å². The van der Waals surface area contributed by atoms with E-state index in [9.17, 15) is 19.8 Å². The first-order valence-corrected chi connectivity index (χ1v) is 6.16. The number of carbonyl (C=O) groups is 2. The van der Waals surface area contributed by atoms with Gasteiger partial charge in [0.2, 0.25) is 0 Å². The largest absolute Gasteiger partial charge is 0.480 e. The molecule has 0 aromatic rings. The van der Waals surface area contributed by atoms with Gasteiger partial charge in [-0.25, -0.2) is 0 Å². The zero-order chi connectivity index (χ0) is 14.1. The molecule has 0 spiro atoms. The molecule has 0 aromatic heterocycles. The van der Waals surface area contributed by atoms with E-state index in [1.54, 1.807) is 0 Å². The lowest BCUT2D eigenvalue weighted by molar-refractivity contribution is -0.152. The average molecular weight is 258 g/mol. The Kier molecular flexibility index (Phi) is 4.02. The van der Waals surface area contributed by atoms with Gasteiger partial charge >= 0.3 is 11.9 Å². The number of nitrogens with two attached hydrogens (primary N) is 2. The van der Waals surface area contributed by atoms with E-state index >= 15 is 0 Å². The molecule has 18 heavy (non-hydrogen) atoms. The van der Waals surface area contributed by atoms with Gasteiger partial charge in [0.25, 0.3) is 0 Å². The lowest BCUT2D eigenvalue weighted by Gasteiger charge is -2.44. The molecule has 1 rings (SSSR count). The third kappa shape index (κ3) is 2.49. The van der Waals surface area contributed by atoms with Crippen molar-refractivity contribution in [1.29, 1.82) is 0 Å². The van der Waals surface area contributed by atoms with Gasteiger partial charge in [-0.1, -0.05) is 12.8 Å².